The molecule has 0 radical (unpaired) electrons. The highest BCUT2D eigenvalue weighted by Crippen LogP contribution is 2.30. The van der Waals surface area contributed by atoms with E-state index in [9.17, 15) is 0 Å². The minimum atomic E-state index is 0.271. The Labute approximate surface area is 126 Å². The van der Waals surface area contributed by atoms with Crippen LogP contribution in [0.3, 0.4) is 0 Å². The van der Waals surface area contributed by atoms with Crippen LogP contribution in [0, 0.1) is 6.92 Å². The quantitative estimate of drug-likeness (QED) is 0.860. The van der Waals surface area contributed by atoms with Crippen LogP contribution in [-0.2, 0) is 6.54 Å². The van der Waals surface area contributed by atoms with Gasteiger partial charge in [-0.15, -0.1) is 0 Å². The highest BCUT2D eigenvalue weighted by Gasteiger charge is 2.27. The molecule has 1 unspecified atom stereocenters. The lowest BCUT2D eigenvalue weighted by molar-refractivity contribution is 0.130. The van der Waals surface area contributed by atoms with E-state index in [0.29, 0.717) is 0 Å². The summed E-state index contributed by atoms with van der Waals surface area (Å²) < 4.78 is 5.94. The monoisotopic (exact) mass is 336 g/mol. The SMILES string of the molecule is Cc1conc1CN1CCCCC1c1ncc(Br)cn1. The molecular formula is C14H17BrN4O. The van der Waals surface area contributed by atoms with Gasteiger partial charge in [0.1, 0.15) is 17.8 Å². The van der Waals surface area contributed by atoms with Crippen molar-refractivity contribution in [3.8, 4) is 0 Å². The molecule has 20 heavy (non-hydrogen) atoms. The Hall–Kier alpha value is -1.27. The van der Waals surface area contributed by atoms with E-state index in [1.807, 2.05) is 19.3 Å². The second-order valence-electron chi connectivity index (χ2n) is 5.19. The van der Waals surface area contributed by atoms with Gasteiger partial charge in [-0.1, -0.05) is 11.6 Å². The highest BCUT2D eigenvalue weighted by atomic mass is 79.9. The van der Waals surface area contributed by atoms with Gasteiger partial charge in [-0.25, -0.2) is 9.97 Å². The van der Waals surface area contributed by atoms with E-state index >= 15 is 0 Å². The fourth-order valence-corrected chi connectivity index (χ4v) is 2.83. The standard InChI is InChI=1S/C14H17BrN4O/c1-10-9-20-18-12(10)8-19-5-3-2-4-13(19)14-16-6-11(15)7-17-14/h6-7,9,13H,2-5,8H2,1H3. The zero-order valence-corrected chi connectivity index (χ0v) is 13.0. The molecule has 0 amide bonds. The molecule has 1 saturated heterocycles. The van der Waals surface area contributed by atoms with Crippen molar-refractivity contribution < 1.29 is 4.52 Å². The lowest BCUT2D eigenvalue weighted by Crippen LogP contribution is -2.34. The molecule has 1 aliphatic rings. The van der Waals surface area contributed by atoms with E-state index in [-0.39, 0.29) is 6.04 Å². The van der Waals surface area contributed by atoms with Crippen LogP contribution in [0.25, 0.3) is 0 Å². The summed E-state index contributed by atoms with van der Waals surface area (Å²) in [7, 11) is 0. The van der Waals surface area contributed by atoms with Gasteiger partial charge in [0.15, 0.2) is 0 Å². The number of hydrogen-bond donors (Lipinski definition) is 0. The first-order valence-corrected chi connectivity index (χ1v) is 7.64. The number of likely N-dealkylation sites (tertiary alicyclic amines) is 1. The predicted octanol–water partition coefficient (Wildman–Crippen LogP) is 3.26. The van der Waals surface area contributed by atoms with E-state index in [2.05, 4.69) is 36.0 Å². The number of piperidine rings is 1. The maximum Gasteiger partial charge on any atom is 0.145 e. The van der Waals surface area contributed by atoms with E-state index in [1.165, 1.54) is 12.8 Å². The Kier molecular flexibility index (Phi) is 4.12. The van der Waals surface area contributed by atoms with Crippen molar-refractivity contribution in [2.75, 3.05) is 6.54 Å². The van der Waals surface area contributed by atoms with Crippen LogP contribution < -0.4 is 0 Å². The normalized spacial score (nSPS) is 20.2. The largest absolute Gasteiger partial charge is 0.364 e. The first-order chi connectivity index (χ1) is 9.74. The van der Waals surface area contributed by atoms with Crippen molar-refractivity contribution in [2.45, 2.75) is 38.8 Å². The third-order valence-corrected chi connectivity index (χ3v) is 4.16. The lowest BCUT2D eigenvalue weighted by Gasteiger charge is -2.34. The van der Waals surface area contributed by atoms with Crippen molar-refractivity contribution in [2.24, 2.45) is 0 Å². The average Bonchev–Trinajstić information content (AvgIpc) is 2.86. The molecule has 2 aromatic heterocycles. The van der Waals surface area contributed by atoms with Crippen LogP contribution >= 0.6 is 15.9 Å². The number of aryl methyl sites for hydroxylation is 1. The molecule has 3 heterocycles. The summed E-state index contributed by atoms with van der Waals surface area (Å²) in [6.45, 7) is 3.88. The Morgan fingerprint density at radius 1 is 1.35 bits per heavy atom. The van der Waals surface area contributed by atoms with Crippen molar-refractivity contribution in [1.82, 2.24) is 20.0 Å². The molecule has 1 atom stereocenters. The number of halogens is 1. The third kappa shape index (κ3) is 2.91. The molecule has 1 fully saturated rings. The lowest BCUT2D eigenvalue weighted by atomic mass is 10.0. The van der Waals surface area contributed by atoms with Gasteiger partial charge in [-0.2, -0.15) is 0 Å². The van der Waals surface area contributed by atoms with Crippen LogP contribution in [0.1, 0.15) is 42.4 Å². The minimum Gasteiger partial charge on any atom is -0.364 e. The predicted molar refractivity (Wildman–Crippen MR) is 78.0 cm³/mol. The first-order valence-electron chi connectivity index (χ1n) is 6.85. The van der Waals surface area contributed by atoms with E-state index in [1.54, 1.807) is 6.26 Å². The Morgan fingerprint density at radius 3 is 2.85 bits per heavy atom. The topological polar surface area (TPSA) is 55.1 Å². The number of hydrogen-bond acceptors (Lipinski definition) is 5. The van der Waals surface area contributed by atoms with Gasteiger partial charge >= 0.3 is 0 Å². The Bertz CT molecular complexity index is 569. The minimum absolute atomic E-state index is 0.271. The van der Waals surface area contributed by atoms with Crippen molar-refractivity contribution in [1.29, 1.82) is 0 Å². The first kappa shape index (κ1) is 13.7. The van der Waals surface area contributed by atoms with Gasteiger partial charge in [0.05, 0.1) is 10.5 Å². The molecule has 2 aromatic rings. The van der Waals surface area contributed by atoms with Crippen molar-refractivity contribution in [3.05, 3.63) is 40.2 Å². The summed E-state index contributed by atoms with van der Waals surface area (Å²) in [6, 6.07) is 0.271. The molecule has 0 N–H and O–H groups in total. The van der Waals surface area contributed by atoms with E-state index < -0.39 is 0 Å². The zero-order chi connectivity index (χ0) is 13.9. The molecule has 5 nitrogen and oxygen atoms in total. The summed E-state index contributed by atoms with van der Waals surface area (Å²) in [5.41, 5.74) is 2.11. The summed E-state index contributed by atoms with van der Waals surface area (Å²) in [5, 5.41) is 4.09. The maximum absolute atomic E-state index is 5.03. The number of nitrogens with zero attached hydrogens (tertiary/aromatic N) is 4. The molecule has 0 spiro atoms. The fourth-order valence-electron chi connectivity index (χ4n) is 2.62. The van der Waals surface area contributed by atoms with Crippen LogP contribution in [0.5, 0.6) is 0 Å². The molecule has 1 aliphatic heterocycles. The zero-order valence-electron chi connectivity index (χ0n) is 11.4. The van der Waals surface area contributed by atoms with Gasteiger partial charge in [0, 0.05) is 24.5 Å². The van der Waals surface area contributed by atoms with E-state index in [4.69, 9.17) is 4.52 Å². The number of rotatable bonds is 3. The van der Waals surface area contributed by atoms with Crippen LogP contribution in [-0.4, -0.2) is 26.6 Å². The van der Waals surface area contributed by atoms with Crippen LogP contribution in [0.15, 0.2) is 27.7 Å². The van der Waals surface area contributed by atoms with Crippen molar-refractivity contribution >= 4 is 15.9 Å². The van der Waals surface area contributed by atoms with Gasteiger partial charge in [0.2, 0.25) is 0 Å². The summed E-state index contributed by atoms with van der Waals surface area (Å²) in [5.74, 6) is 0.897. The average molecular weight is 337 g/mol. The smallest absolute Gasteiger partial charge is 0.145 e. The molecule has 3 rings (SSSR count). The fraction of sp³-hybridized carbons (Fsp3) is 0.500. The Morgan fingerprint density at radius 2 is 2.15 bits per heavy atom. The molecule has 0 aliphatic carbocycles. The second kappa shape index (κ2) is 6.01. The molecule has 106 valence electrons. The van der Waals surface area contributed by atoms with Gasteiger partial charge < -0.3 is 4.52 Å². The molecule has 0 bridgehead atoms. The van der Waals surface area contributed by atoms with Crippen LogP contribution in [0.4, 0.5) is 0 Å². The highest BCUT2D eigenvalue weighted by molar-refractivity contribution is 9.10. The molecular weight excluding hydrogens is 320 g/mol. The van der Waals surface area contributed by atoms with Gasteiger partial charge in [-0.05, 0) is 42.2 Å². The summed E-state index contributed by atoms with van der Waals surface area (Å²) in [4.78, 5) is 11.3. The van der Waals surface area contributed by atoms with Crippen LogP contribution in [0.2, 0.25) is 0 Å². The van der Waals surface area contributed by atoms with E-state index in [0.717, 1.165) is 41.1 Å². The Balaban J connectivity index is 1.80. The van der Waals surface area contributed by atoms with Gasteiger partial charge in [0.25, 0.3) is 0 Å². The molecule has 0 saturated carbocycles. The third-order valence-electron chi connectivity index (χ3n) is 3.75. The maximum atomic E-state index is 5.03. The summed E-state index contributed by atoms with van der Waals surface area (Å²) in [6.07, 6.45) is 8.86. The van der Waals surface area contributed by atoms with Crippen molar-refractivity contribution in [3.63, 3.8) is 0 Å². The number of aromatic nitrogens is 3. The second-order valence-corrected chi connectivity index (χ2v) is 6.10. The molecule has 6 heteroatoms. The van der Waals surface area contributed by atoms with Gasteiger partial charge in [-0.3, -0.25) is 4.90 Å². The summed E-state index contributed by atoms with van der Waals surface area (Å²) >= 11 is 3.38. The molecule has 0 aromatic carbocycles.